The van der Waals surface area contributed by atoms with Gasteiger partial charge in [-0.2, -0.15) is 4.52 Å². The van der Waals surface area contributed by atoms with Gasteiger partial charge in [-0.15, -0.1) is 15.3 Å². The van der Waals surface area contributed by atoms with Crippen LogP contribution in [-0.4, -0.2) is 29.2 Å². The number of hydrogen-bond donors (Lipinski definition) is 0. The van der Waals surface area contributed by atoms with E-state index < -0.39 is 0 Å². The summed E-state index contributed by atoms with van der Waals surface area (Å²) in [6.07, 6.45) is 0.824. The second-order valence-electron chi connectivity index (χ2n) is 4.52. The van der Waals surface area contributed by atoms with Crippen molar-refractivity contribution in [2.75, 3.05) is 0 Å². The highest BCUT2D eigenvalue weighted by Gasteiger charge is 2.15. The molecule has 0 aliphatic rings. The maximum Gasteiger partial charge on any atom is 0.258 e. The highest BCUT2D eigenvalue weighted by molar-refractivity contribution is 5.93. The van der Waals surface area contributed by atoms with Crippen molar-refractivity contribution in [3.8, 4) is 0 Å². The second kappa shape index (κ2) is 3.50. The zero-order valence-corrected chi connectivity index (χ0v) is 10.7. The minimum atomic E-state index is 0.714. The van der Waals surface area contributed by atoms with Crippen LogP contribution in [0.5, 0.6) is 0 Å². The molecule has 94 valence electrons. The number of aryl methyl sites for hydroxylation is 2. The van der Waals surface area contributed by atoms with E-state index in [2.05, 4.69) is 43.7 Å². The van der Waals surface area contributed by atoms with Gasteiger partial charge in [0.25, 0.3) is 5.78 Å². The number of rotatable bonds is 1. The summed E-state index contributed by atoms with van der Waals surface area (Å²) in [5, 5.41) is 14.0. The average Bonchev–Trinajstić information content (AvgIpc) is 3.01. The molecule has 3 aromatic heterocycles. The highest BCUT2D eigenvalue weighted by Crippen LogP contribution is 2.22. The first-order valence-corrected chi connectivity index (χ1v) is 6.27. The van der Waals surface area contributed by atoms with Crippen molar-refractivity contribution in [1.29, 1.82) is 0 Å². The molecule has 19 heavy (non-hydrogen) atoms. The number of para-hydroxylation sites is 1. The molecule has 4 rings (SSSR count). The number of hydrogen-bond acceptors (Lipinski definition) is 4. The number of aromatic nitrogens is 6. The number of nitrogens with zero attached hydrogens (tertiary/aromatic N) is 6. The van der Waals surface area contributed by atoms with Gasteiger partial charge < -0.3 is 0 Å². The van der Waals surface area contributed by atoms with Crippen LogP contribution in [0.3, 0.4) is 0 Å². The summed E-state index contributed by atoms with van der Waals surface area (Å²) < 4.78 is 3.82. The Hall–Kier alpha value is -2.50. The lowest BCUT2D eigenvalue weighted by Crippen LogP contribution is -2.01. The van der Waals surface area contributed by atoms with E-state index in [0.717, 1.165) is 34.6 Å². The van der Waals surface area contributed by atoms with Crippen LogP contribution < -0.4 is 0 Å². The molecule has 0 saturated carbocycles. The Morgan fingerprint density at radius 2 is 2.00 bits per heavy atom. The normalized spacial score (nSPS) is 11.9. The number of fused-ring (bicyclic) bond motifs is 6. The van der Waals surface area contributed by atoms with Gasteiger partial charge in [-0.25, -0.2) is 4.98 Å². The van der Waals surface area contributed by atoms with Gasteiger partial charge in [-0.1, -0.05) is 19.1 Å². The molecule has 0 unspecified atom stereocenters. The lowest BCUT2D eigenvalue weighted by Gasteiger charge is -2.05. The third kappa shape index (κ3) is 1.25. The lowest BCUT2D eigenvalue weighted by atomic mass is 10.2. The van der Waals surface area contributed by atoms with Crippen LogP contribution in [0.25, 0.3) is 22.3 Å². The zero-order valence-electron chi connectivity index (χ0n) is 10.7. The Morgan fingerprint density at radius 3 is 2.84 bits per heavy atom. The average molecular weight is 252 g/mol. The lowest BCUT2D eigenvalue weighted by molar-refractivity contribution is 0.907. The summed E-state index contributed by atoms with van der Waals surface area (Å²) in [6, 6.07) is 8.14. The topological polar surface area (TPSA) is 60.4 Å². The maximum absolute atomic E-state index is 4.50. The van der Waals surface area contributed by atoms with Gasteiger partial charge in [-0.3, -0.25) is 4.40 Å². The molecule has 0 aliphatic heterocycles. The monoisotopic (exact) mass is 252 g/mol. The highest BCUT2D eigenvalue weighted by atomic mass is 15.4. The zero-order chi connectivity index (χ0) is 13.0. The molecule has 4 aromatic rings. The van der Waals surface area contributed by atoms with E-state index >= 15 is 0 Å². The van der Waals surface area contributed by atoms with Gasteiger partial charge >= 0.3 is 0 Å². The maximum atomic E-state index is 4.50. The quantitative estimate of drug-likeness (QED) is 0.518. The van der Waals surface area contributed by atoms with E-state index in [-0.39, 0.29) is 0 Å². The van der Waals surface area contributed by atoms with Crippen molar-refractivity contribution in [3.05, 3.63) is 35.9 Å². The van der Waals surface area contributed by atoms with Crippen LogP contribution in [0.1, 0.15) is 18.6 Å². The van der Waals surface area contributed by atoms with Crippen LogP contribution in [-0.2, 0) is 6.42 Å². The third-order valence-electron chi connectivity index (χ3n) is 3.32. The van der Waals surface area contributed by atoms with E-state index in [0.29, 0.717) is 5.78 Å². The van der Waals surface area contributed by atoms with E-state index in [1.165, 1.54) is 0 Å². The number of benzene rings is 1. The van der Waals surface area contributed by atoms with Gasteiger partial charge in [-0.05, 0) is 19.1 Å². The van der Waals surface area contributed by atoms with E-state index in [4.69, 9.17) is 0 Å². The van der Waals surface area contributed by atoms with Crippen molar-refractivity contribution >= 4 is 22.3 Å². The molecule has 6 heteroatoms. The van der Waals surface area contributed by atoms with Gasteiger partial charge in [0.2, 0.25) is 0 Å². The molecular formula is C13H12N6. The summed E-state index contributed by atoms with van der Waals surface area (Å²) in [7, 11) is 0. The molecule has 0 radical (unpaired) electrons. The van der Waals surface area contributed by atoms with Crippen molar-refractivity contribution in [2.45, 2.75) is 20.3 Å². The first kappa shape index (κ1) is 10.4. The molecule has 0 spiro atoms. The molecule has 0 atom stereocenters. The summed E-state index contributed by atoms with van der Waals surface area (Å²) in [4.78, 5) is 4.50. The van der Waals surface area contributed by atoms with Crippen molar-refractivity contribution < 1.29 is 0 Å². The predicted molar refractivity (Wildman–Crippen MR) is 71.2 cm³/mol. The molecule has 0 aliphatic carbocycles. The minimum Gasteiger partial charge on any atom is -0.263 e. The van der Waals surface area contributed by atoms with Crippen LogP contribution in [0.4, 0.5) is 0 Å². The Bertz CT molecular complexity index is 917. The SMILES string of the molecule is CCc1nnc2n3nc(C)nc3c3ccccc3n12. The van der Waals surface area contributed by atoms with E-state index in [1.807, 2.05) is 19.1 Å². The summed E-state index contributed by atoms with van der Waals surface area (Å²) in [5.41, 5.74) is 1.90. The standard InChI is InChI=1S/C13H12N6/c1-3-11-15-16-13-18(11)10-7-5-4-6-9(10)12-14-8(2)17-19(12)13/h4-7H,3H2,1-2H3. The smallest absolute Gasteiger partial charge is 0.258 e. The predicted octanol–water partition coefficient (Wildman–Crippen LogP) is 1.80. The van der Waals surface area contributed by atoms with Crippen molar-refractivity contribution in [1.82, 2.24) is 29.2 Å². The molecule has 0 saturated heterocycles. The molecule has 6 nitrogen and oxygen atoms in total. The van der Waals surface area contributed by atoms with Crippen LogP contribution >= 0.6 is 0 Å². The Balaban J connectivity index is 2.40. The summed E-state index contributed by atoms with van der Waals surface area (Å²) in [6.45, 7) is 3.96. The fourth-order valence-electron chi connectivity index (χ4n) is 2.51. The summed E-state index contributed by atoms with van der Waals surface area (Å²) in [5.74, 6) is 2.38. The fourth-order valence-corrected chi connectivity index (χ4v) is 2.51. The Kier molecular flexibility index (Phi) is 1.92. The Morgan fingerprint density at radius 1 is 1.16 bits per heavy atom. The summed E-state index contributed by atoms with van der Waals surface area (Å²) >= 11 is 0. The molecule has 0 fully saturated rings. The first-order chi connectivity index (χ1) is 9.29. The van der Waals surface area contributed by atoms with Gasteiger partial charge in [0, 0.05) is 11.8 Å². The molecule has 0 bridgehead atoms. The molecule has 0 N–H and O–H groups in total. The molecule has 1 aromatic carbocycles. The molecule has 3 heterocycles. The van der Waals surface area contributed by atoms with Crippen LogP contribution in [0.15, 0.2) is 24.3 Å². The van der Waals surface area contributed by atoms with Gasteiger partial charge in [0.1, 0.15) is 11.6 Å². The Labute approximate surface area is 108 Å². The van der Waals surface area contributed by atoms with E-state index in [1.54, 1.807) is 4.52 Å². The molecule has 0 amide bonds. The van der Waals surface area contributed by atoms with Crippen molar-refractivity contribution in [2.24, 2.45) is 0 Å². The van der Waals surface area contributed by atoms with Crippen molar-refractivity contribution in [3.63, 3.8) is 0 Å². The fraction of sp³-hybridized carbons (Fsp3) is 0.231. The van der Waals surface area contributed by atoms with Gasteiger partial charge in [0.05, 0.1) is 5.52 Å². The largest absolute Gasteiger partial charge is 0.263 e. The first-order valence-electron chi connectivity index (χ1n) is 6.27. The second-order valence-corrected chi connectivity index (χ2v) is 4.52. The third-order valence-corrected chi connectivity index (χ3v) is 3.32. The van der Waals surface area contributed by atoms with Crippen LogP contribution in [0, 0.1) is 6.92 Å². The van der Waals surface area contributed by atoms with Gasteiger partial charge in [0.15, 0.2) is 5.65 Å². The van der Waals surface area contributed by atoms with E-state index in [9.17, 15) is 0 Å². The van der Waals surface area contributed by atoms with Crippen LogP contribution in [0.2, 0.25) is 0 Å². The minimum absolute atomic E-state index is 0.714. The molecular weight excluding hydrogens is 240 g/mol.